The molecule has 6 nitrogen and oxygen atoms in total. The molecule has 0 radical (unpaired) electrons. The van der Waals surface area contributed by atoms with Gasteiger partial charge < -0.3 is 15.2 Å². The maximum absolute atomic E-state index is 12.8. The number of rotatable bonds is 4. The van der Waals surface area contributed by atoms with Crippen molar-refractivity contribution in [1.82, 2.24) is 4.98 Å². The smallest absolute Gasteiger partial charge is 0.310 e. The average molecular weight is 394 g/mol. The van der Waals surface area contributed by atoms with Gasteiger partial charge in [-0.1, -0.05) is 36.4 Å². The zero-order valence-corrected chi connectivity index (χ0v) is 15.7. The highest BCUT2D eigenvalue weighted by atomic mass is 32.1. The number of carboxylic acid groups (broad SMARTS) is 1. The predicted molar refractivity (Wildman–Crippen MR) is 106 cm³/mol. The topological polar surface area (TPSA) is 88.5 Å². The van der Waals surface area contributed by atoms with Gasteiger partial charge in [0.2, 0.25) is 5.91 Å². The van der Waals surface area contributed by atoms with Crippen LogP contribution in [0.15, 0.2) is 47.8 Å². The number of hydrogen-bond acceptors (Lipinski definition) is 5. The minimum Gasteiger partial charge on any atom is -0.481 e. The molecular formula is C21H18N2O4S. The summed E-state index contributed by atoms with van der Waals surface area (Å²) in [6.45, 7) is 0. The summed E-state index contributed by atoms with van der Waals surface area (Å²) in [6.07, 6.45) is 0.760. The number of benzene rings is 2. The van der Waals surface area contributed by atoms with Crippen molar-refractivity contribution in [3.05, 3.63) is 47.8 Å². The second kappa shape index (κ2) is 6.68. The van der Waals surface area contributed by atoms with E-state index >= 15 is 0 Å². The molecule has 5 rings (SSSR count). The molecule has 0 aliphatic carbocycles. The number of ether oxygens (including phenoxy) is 1. The number of aliphatic carboxylic acids is 1. The summed E-state index contributed by atoms with van der Waals surface area (Å²) in [4.78, 5) is 28.9. The maximum atomic E-state index is 12.8. The summed E-state index contributed by atoms with van der Waals surface area (Å²) in [7, 11) is 0. The van der Waals surface area contributed by atoms with Crippen LogP contribution >= 0.6 is 11.3 Å². The molecule has 2 aromatic carbocycles. The highest BCUT2D eigenvalue weighted by Gasteiger charge is 2.55. The van der Waals surface area contributed by atoms with E-state index < -0.39 is 17.8 Å². The lowest BCUT2D eigenvalue weighted by molar-refractivity contribution is -0.147. The fourth-order valence-corrected chi connectivity index (χ4v) is 5.05. The van der Waals surface area contributed by atoms with E-state index in [4.69, 9.17) is 4.74 Å². The van der Waals surface area contributed by atoms with Gasteiger partial charge in [0.1, 0.15) is 0 Å². The molecule has 0 saturated carbocycles. The van der Waals surface area contributed by atoms with Gasteiger partial charge in [-0.3, -0.25) is 9.59 Å². The Morgan fingerprint density at radius 1 is 1.07 bits per heavy atom. The molecule has 2 aliphatic rings. The fourth-order valence-electron chi connectivity index (χ4n) is 4.33. The first kappa shape index (κ1) is 17.3. The number of aromatic nitrogens is 1. The van der Waals surface area contributed by atoms with E-state index in [1.54, 1.807) is 0 Å². The van der Waals surface area contributed by atoms with Crippen LogP contribution in [-0.4, -0.2) is 34.2 Å². The first-order chi connectivity index (χ1) is 13.6. The Labute approximate surface area is 165 Å². The third-order valence-corrected chi connectivity index (χ3v) is 6.40. The quantitative estimate of drug-likeness (QED) is 0.703. The van der Waals surface area contributed by atoms with Crippen molar-refractivity contribution in [1.29, 1.82) is 0 Å². The van der Waals surface area contributed by atoms with E-state index in [0.717, 1.165) is 28.5 Å². The number of carbonyl (C=O) groups excluding carboxylic acids is 1. The highest BCUT2D eigenvalue weighted by Crippen LogP contribution is 2.44. The van der Waals surface area contributed by atoms with Crippen molar-refractivity contribution in [3.8, 4) is 11.3 Å². The largest absolute Gasteiger partial charge is 0.481 e. The van der Waals surface area contributed by atoms with E-state index in [0.29, 0.717) is 11.6 Å². The fraction of sp³-hybridized carbons (Fsp3) is 0.286. The van der Waals surface area contributed by atoms with Crippen LogP contribution in [0.3, 0.4) is 0 Å². The number of amides is 1. The molecule has 3 aromatic rings. The molecule has 3 heterocycles. The summed E-state index contributed by atoms with van der Waals surface area (Å²) >= 11 is 1.34. The second-order valence-electron chi connectivity index (χ2n) is 7.27. The zero-order chi connectivity index (χ0) is 19.3. The molecule has 7 heteroatoms. The van der Waals surface area contributed by atoms with Crippen molar-refractivity contribution in [2.24, 2.45) is 11.8 Å². The monoisotopic (exact) mass is 394 g/mol. The van der Waals surface area contributed by atoms with Crippen molar-refractivity contribution in [2.45, 2.75) is 25.0 Å². The molecule has 1 aromatic heterocycles. The molecular weight excluding hydrogens is 376 g/mol. The standard InChI is InChI=1S/C21H18N2O4S/c24-19(17-15-7-8-16(27-15)18(17)20(25)26)23-21-22-14(10-28-21)13-6-5-11-3-1-2-4-12(11)9-13/h1-6,9-10,15-18H,7-8H2,(H,25,26)(H,22,23,24)/t15-,16+,17+,18+/m1/s1. The minimum absolute atomic E-state index is 0.314. The summed E-state index contributed by atoms with van der Waals surface area (Å²) < 4.78 is 5.67. The Hall–Kier alpha value is -2.77. The van der Waals surface area contributed by atoms with E-state index in [1.165, 1.54) is 11.3 Å². The number of carbonyl (C=O) groups is 2. The number of hydrogen-bond donors (Lipinski definition) is 2. The van der Waals surface area contributed by atoms with Crippen molar-refractivity contribution in [3.63, 3.8) is 0 Å². The minimum atomic E-state index is -0.969. The van der Waals surface area contributed by atoms with E-state index in [9.17, 15) is 14.7 Å². The first-order valence-electron chi connectivity index (χ1n) is 9.24. The molecule has 1 amide bonds. The molecule has 2 saturated heterocycles. The van der Waals surface area contributed by atoms with Crippen LogP contribution in [-0.2, 0) is 14.3 Å². The first-order valence-corrected chi connectivity index (χ1v) is 10.1. The van der Waals surface area contributed by atoms with E-state index in [2.05, 4.69) is 28.5 Å². The molecule has 2 fully saturated rings. The Morgan fingerprint density at radius 3 is 2.61 bits per heavy atom. The van der Waals surface area contributed by atoms with Crippen LogP contribution in [0.25, 0.3) is 22.0 Å². The third kappa shape index (κ3) is 2.87. The van der Waals surface area contributed by atoms with Crippen molar-refractivity contribution < 1.29 is 19.4 Å². The number of nitrogens with one attached hydrogen (secondary N) is 1. The van der Waals surface area contributed by atoms with Crippen molar-refractivity contribution >= 4 is 39.1 Å². The van der Waals surface area contributed by atoms with Crippen LogP contribution in [0.1, 0.15) is 12.8 Å². The highest BCUT2D eigenvalue weighted by molar-refractivity contribution is 7.14. The predicted octanol–water partition coefficient (Wildman–Crippen LogP) is 3.78. The van der Waals surface area contributed by atoms with Crippen LogP contribution in [0.5, 0.6) is 0 Å². The van der Waals surface area contributed by atoms with Gasteiger partial charge in [-0.2, -0.15) is 0 Å². The maximum Gasteiger partial charge on any atom is 0.310 e. The molecule has 142 valence electrons. The number of anilines is 1. The molecule has 2 bridgehead atoms. The van der Waals surface area contributed by atoms with Crippen LogP contribution in [0.2, 0.25) is 0 Å². The van der Waals surface area contributed by atoms with Crippen LogP contribution in [0.4, 0.5) is 5.13 Å². The molecule has 4 atom stereocenters. The lowest BCUT2D eigenvalue weighted by atomic mass is 9.79. The lowest BCUT2D eigenvalue weighted by Crippen LogP contribution is -2.40. The number of thiazole rings is 1. The van der Waals surface area contributed by atoms with Crippen molar-refractivity contribution in [2.75, 3.05) is 5.32 Å². The van der Waals surface area contributed by atoms with Gasteiger partial charge in [0.25, 0.3) is 0 Å². The molecule has 0 unspecified atom stereocenters. The van der Waals surface area contributed by atoms with E-state index in [-0.39, 0.29) is 18.1 Å². The van der Waals surface area contributed by atoms with Gasteiger partial charge in [-0.05, 0) is 29.7 Å². The summed E-state index contributed by atoms with van der Waals surface area (Å²) in [5.41, 5.74) is 1.76. The van der Waals surface area contributed by atoms with Gasteiger partial charge >= 0.3 is 5.97 Å². The average Bonchev–Trinajstić information content (AvgIpc) is 3.43. The normalized spacial score (nSPS) is 25.9. The summed E-state index contributed by atoms with van der Waals surface area (Å²) in [5.74, 6) is -2.73. The lowest BCUT2D eigenvalue weighted by Gasteiger charge is -2.23. The van der Waals surface area contributed by atoms with Gasteiger partial charge in [0, 0.05) is 10.9 Å². The Balaban J connectivity index is 1.36. The number of nitrogens with zero attached hydrogens (tertiary/aromatic N) is 1. The molecule has 28 heavy (non-hydrogen) atoms. The Kier molecular flexibility index (Phi) is 4.14. The summed E-state index contributed by atoms with van der Waals surface area (Å²) in [6, 6.07) is 14.2. The van der Waals surface area contributed by atoms with Gasteiger partial charge in [0.15, 0.2) is 5.13 Å². The Bertz CT molecular complexity index is 1080. The van der Waals surface area contributed by atoms with Gasteiger partial charge in [0.05, 0.1) is 29.7 Å². The molecule has 2 N–H and O–H groups in total. The van der Waals surface area contributed by atoms with Crippen LogP contribution in [0, 0.1) is 11.8 Å². The molecule has 0 spiro atoms. The third-order valence-electron chi connectivity index (χ3n) is 5.64. The molecule has 2 aliphatic heterocycles. The second-order valence-corrected chi connectivity index (χ2v) is 8.13. The Morgan fingerprint density at radius 2 is 1.82 bits per heavy atom. The van der Waals surface area contributed by atoms with Gasteiger partial charge in [-0.15, -0.1) is 11.3 Å². The number of carboxylic acids is 1. The van der Waals surface area contributed by atoms with Gasteiger partial charge in [-0.25, -0.2) is 4.98 Å². The SMILES string of the molecule is O=C(O)[C@@H]1[C@@H](C(=O)Nc2nc(-c3ccc4ccccc4c3)cs2)[C@H]2CC[C@@H]1O2. The number of fused-ring (bicyclic) bond motifs is 3. The van der Waals surface area contributed by atoms with Crippen LogP contribution < -0.4 is 5.32 Å². The van der Waals surface area contributed by atoms with E-state index in [1.807, 2.05) is 29.6 Å². The zero-order valence-electron chi connectivity index (χ0n) is 14.9. The summed E-state index contributed by atoms with van der Waals surface area (Å²) in [5, 5.41) is 16.9.